The van der Waals surface area contributed by atoms with Crippen LogP contribution in [0.3, 0.4) is 0 Å². The van der Waals surface area contributed by atoms with Crippen molar-refractivity contribution in [1.82, 2.24) is 10.6 Å². The first kappa shape index (κ1) is 19.1. The summed E-state index contributed by atoms with van der Waals surface area (Å²) in [6.45, 7) is 1.69. The average Bonchev–Trinajstić information content (AvgIpc) is 2.90. The van der Waals surface area contributed by atoms with E-state index in [1.54, 1.807) is 19.1 Å². The third kappa shape index (κ3) is 4.35. The zero-order chi connectivity index (χ0) is 19.4. The number of phenols is 1. The zero-order valence-corrected chi connectivity index (χ0v) is 15.7. The number of ether oxygens (including phenoxy) is 2. The van der Waals surface area contributed by atoms with E-state index in [1.165, 1.54) is 26.0 Å². The summed E-state index contributed by atoms with van der Waals surface area (Å²) in [4.78, 5) is 24.9. The van der Waals surface area contributed by atoms with Gasteiger partial charge in [-0.15, -0.1) is 0 Å². The minimum atomic E-state index is -0.675. The summed E-state index contributed by atoms with van der Waals surface area (Å²) in [5, 5.41) is 15.2. The Hall–Kier alpha value is -2.70. The Labute approximate surface area is 158 Å². The van der Waals surface area contributed by atoms with Gasteiger partial charge in [0.2, 0.25) is 0 Å². The molecule has 1 atom stereocenters. The molecule has 0 bridgehead atoms. The molecular weight excluding hydrogens is 348 g/mol. The zero-order valence-electron chi connectivity index (χ0n) is 15.7. The summed E-state index contributed by atoms with van der Waals surface area (Å²) in [6, 6.07) is 3.67. The maximum Gasteiger partial charge on any atom is 0.338 e. The molecule has 27 heavy (non-hydrogen) atoms. The first-order valence-electron chi connectivity index (χ1n) is 9.35. The summed E-state index contributed by atoms with van der Waals surface area (Å²) in [7, 11) is 1.45. The number of carbonyl (C=O) groups is 2. The third-order valence-corrected chi connectivity index (χ3v) is 5.10. The van der Waals surface area contributed by atoms with Crippen LogP contribution in [0.5, 0.6) is 11.5 Å². The lowest BCUT2D eigenvalue weighted by molar-refractivity contribution is -0.145. The lowest BCUT2D eigenvalue weighted by Gasteiger charge is -2.29. The van der Waals surface area contributed by atoms with E-state index in [4.69, 9.17) is 9.47 Å². The van der Waals surface area contributed by atoms with Crippen molar-refractivity contribution in [2.45, 2.75) is 57.6 Å². The molecule has 0 aromatic heterocycles. The van der Waals surface area contributed by atoms with Crippen molar-refractivity contribution in [3.05, 3.63) is 35.0 Å². The number of phenolic OH excluding ortho intramolecular Hbond substituents is 1. The van der Waals surface area contributed by atoms with Crippen molar-refractivity contribution in [2.24, 2.45) is 0 Å². The number of hydrogen-bond donors (Lipinski definition) is 3. The quantitative estimate of drug-likeness (QED) is 0.555. The van der Waals surface area contributed by atoms with E-state index in [9.17, 15) is 14.7 Å². The molecule has 3 N–H and O–H groups in total. The highest BCUT2D eigenvalue weighted by atomic mass is 16.5. The molecular formula is C20H26N2O5. The van der Waals surface area contributed by atoms with E-state index >= 15 is 0 Å². The molecule has 0 spiro atoms. The van der Waals surface area contributed by atoms with Gasteiger partial charge >= 0.3 is 12.0 Å². The number of urea groups is 1. The van der Waals surface area contributed by atoms with E-state index in [0.29, 0.717) is 16.8 Å². The first-order chi connectivity index (χ1) is 13.0. The van der Waals surface area contributed by atoms with Crippen LogP contribution in [0, 0.1) is 0 Å². The number of esters is 1. The Morgan fingerprint density at radius 2 is 1.89 bits per heavy atom. The molecule has 3 rings (SSSR count). The largest absolute Gasteiger partial charge is 0.504 e. The maximum absolute atomic E-state index is 12.9. The predicted molar refractivity (Wildman–Crippen MR) is 99.3 cm³/mol. The number of nitrogens with one attached hydrogen (secondary N) is 2. The molecule has 1 fully saturated rings. The number of hydrogen-bond acceptors (Lipinski definition) is 5. The second-order valence-electron chi connectivity index (χ2n) is 7.02. The van der Waals surface area contributed by atoms with Crippen molar-refractivity contribution in [2.75, 3.05) is 7.11 Å². The second-order valence-corrected chi connectivity index (χ2v) is 7.02. The topological polar surface area (TPSA) is 96.9 Å². The molecule has 7 nitrogen and oxygen atoms in total. The molecule has 146 valence electrons. The molecule has 1 heterocycles. The summed E-state index contributed by atoms with van der Waals surface area (Å²) in [5.41, 5.74) is 1.47. The Kier molecular flexibility index (Phi) is 5.88. The van der Waals surface area contributed by atoms with Gasteiger partial charge in [0.05, 0.1) is 18.7 Å². The van der Waals surface area contributed by atoms with Crippen LogP contribution in [0.1, 0.15) is 57.1 Å². The number of rotatable bonds is 4. The van der Waals surface area contributed by atoms with Crippen molar-refractivity contribution in [1.29, 1.82) is 0 Å². The second kappa shape index (κ2) is 8.33. The van der Waals surface area contributed by atoms with Crippen LogP contribution in [0.2, 0.25) is 0 Å². The predicted octanol–water partition coefficient (Wildman–Crippen LogP) is 3.29. The van der Waals surface area contributed by atoms with Gasteiger partial charge in [-0.05, 0) is 50.3 Å². The molecule has 1 unspecified atom stereocenters. The molecule has 1 aliphatic carbocycles. The van der Waals surface area contributed by atoms with Crippen LogP contribution in [0.4, 0.5) is 4.79 Å². The fourth-order valence-electron chi connectivity index (χ4n) is 3.66. The average molecular weight is 374 g/mol. The van der Waals surface area contributed by atoms with E-state index in [2.05, 4.69) is 10.6 Å². The van der Waals surface area contributed by atoms with Gasteiger partial charge in [-0.25, -0.2) is 9.59 Å². The van der Waals surface area contributed by atoms with Gasteiger partial charge in [0.15, 0.2) is 11.5 Å². The molecule has 0 saturated heterocycles. The van der Waals surface area contributed by atoms with Crippen molar-refractivity contribution >= 4 is 12.0 Å². The van der Waals surface area contributed by atoms with Gasteiger partial charge in [0.25, 0.3) is 0 Å². The van der Waals surface area contributed by atoms with Gasteiger partial charge in [-0.3, -0.25) is 0 Å². The van der Waals surface area contributed by atoms with Gasteiger partial charge in [0.1, 0.15) is 6.10 Å². The number of amides is 2. The van der Waals surface area contributed by atoms with Gasteiger partial charge in [-0.1, -0.05) is 18.9 Å². The molecule has 7 heteroatoms. The van der Waals surface area contributed by atoms with Crippen LogP contribution in [0.25, 0.3) is 0 Å². The minimum absolute atomic E-state index is 0.00945. The third-order valence-electron chi connectivity index (χ3n) is 5.10. The molecule has 0 radical (unpaired) electrons. The van der Waals surface area contributed by atoms with E-state index in [0.717, 1.165) is 25.7 Å². The molecule has 2 aliphatic rings. The molecule has 2 amide bonds. The highest BCUT2D eigenvalue weighted by Gasteiger charge is 2.33. The lowest BCUT2D eigenvalue weighted by atomic mass is 9.95. The minimum Gasteiger partial charge on any atom is -0.504 e. The Balaban J connectivity index is 1.88. The number of carbonyl (C=O) groups excluding carboxylic acids is 2. The Morgan fingerprint density at radius 3 is 2.56 bits per heavy atom. The summed E-state index contributed by atoms with van der Waals surface area (Å²) in [6.07, 6.45) is 6.11. The van der Waals surface area contributed by atoms with Gasteiger partial charge in [-0.2, -0.15) is 0 Å². The smallest absolute Gasteiger partial charge is 0.338 e. The van der Waals surface area contributed by atoms with Crippen LogP contribution in [-0.4, -0.2) is 30.3 Å². The van der Waals surface area contributed by atoms with E-state index < -0.39 is 18.0 Å². The van der Waals surface area contributed by atoms with Gasteiger partial charge in [0, 0.05) is 5.70 Å². The van der Waals surface area contributed by atoms with Crippen molar-refractivity contribution < 1.29 is 24.2 Å². The molecule has 1 saturated carbocycles. The van der Waals surface area contributed by atoms with Crippen LogP contribution < -0.4 is 15.4 Å². The molecule has 1 aromatic rings. The number of allylic oxidation sites excluding steroid dienone is 1. The standard InChI is InChI=1S/C20H26N2O5/c1-12-17(19(24)27-14-7-5-3-4-6-8-14)18(22-20(25)21-12)13-9-10-15(23)16(11-13)26-2/h9-11,14,18,23H,3-8H2,1-2H3,(H2,21,22,25). The van der Waals surface area contributed by atoms with Crippen LogP contribution in [0.15, 0.2) is 29.5 Å². The number of benzene rings is 1. The van der Waals surface area contributed by atoms with Crippen molar-refractivity contribution in [3.63, 3.8) is 0 Å². The normalized spacial score (nSPS) is 21.1. The highest BCUT2D eigenvalue weighted by Crippen LogP contribution is 2.34. The van der Waals surface area contributed by atoms with Crippen LogP contribution in [-0.2, 0) is 9.53 Å². The maximum atomic E-state index is 12.9. The van der Waals surface area contributed by atoms with E-state index in [-0.39, 0.29) is 17.6 Å². The monoisotopic (exact) mass is 374 g/mol. The summed E-state index contributed by atoms with van der Waals surface area (Å²) < 4.78 is 10.9. The fraction of sp³-hybridized carbons (Fsp3) is 0.500. The van der Waals surface area contributed by atoms with E-state index in [1.807, 2.05) is 0 Å². The summed E-state index contributed by atoms with van der Waals surface area (Å²) in [5.74, 6) is -0.164. The summed E-state index contributed by atoms with van der Waals surface area (Å²) >= 11 is 0. The Morgan fingerprint density at radius 1 is 1.19 bits per heavy atom. The molecule has 1 aromatic carbocycles. The fourth-order valence-corrected chi connectivity index (χ4v) is 3.66. The lowest BCUT2D eigenvalue weighted by Crippen LogP contribution is -2.45. The SMILES string of the molecule is COc1cc(C2NC(=O)NC(C)=C2C(=O)OC2CCCCCC2)ccc1O. The Bertz CT molecular complexity index is 751. The molecule has 1 aliphatic heterocycles. The highest BCUT2D eigenvalue weighted by molar-refractivity contribution is 5.95. The van der Waals surface area contributed by atoms with Gasteiger partial charge < -0.3 is 25.2 Å². The number of aromatic hydroxyl groups is 1. The van der Waals surface area contributed by atoms with Crippen LogP contribution >= 0.6 is 0 Å². The van der Waals surface area contributed by atoms with Crippen molar-refractivity contribution in [3.8, 4) is 11.5 Å². The first-order valence-corrected chi connectivity index (χ1v) is 9.35. The number of methoxy groups -OCH3 is 1.